The van der Waals surface area contributed by atoms with Crippen molar-refractivity contribution in [1.82, 2.24) is 14.7 Å². The van der Waals surface area contributed by atoms with Gasteiger partial charge in [-0.15, -0.1) is 0 Å². The average molecular weight is 359 g/mol. The number of ether oxygens (including phenoxy) is 1. The molecule has 26 heavy (non-hydrogen) atoms. The van der Waals surface area contributed by atoms with Gasteiger partial charge < -0.3 is 9.64 Å². The second-order valence-corrected chi connectivity index (χ2v) is 7.38. The lowest BCUT2D eigenvalue weighted by molar-refractivity contribution is 0.0601. The van der Waals surface area contributed by atoms with Crippen molar-refractivity contribution in [2.24, 2.45) is 5.92 Å². The van der Waals surface area contributed by atoms with E-state index in [9.17, 15) is 4.39 Å². The molecule has 2 aromatic rings. The third kappa shape index (κ3) is 5.15. The highest BCUT2D eigenvalue weighted by Crippen LogP contribution is 2.25. The van der Waals surface area contributed by atoms with Crippen LogP contribution in [0.15, 0.2) is 30.5 Å². The van der Waals surface area contributed by atoms with Gasteiger partial charge >= 0.3 is 0 Å². The van der Waals surface area contributed by atoms with Gasteiger partial charge in [0, 0.05) is 43.6 Å². The first-order valence-corrected chi connectivity index (χ1v) is 9.74. The Morgan fingerprint density at radius 2 is 1.96 bits per heavy atom. The van der Waals surface area contributed by atoms with E-state index in [0.29, 0.717) is 5.92 Å². The molecule has 0 radical (unpaired) electrons. The van der Waals surface area contributed by atoms with E-state index in [4.69, 9.17) is 9.84 Å². The summed E-state index contributed by atoms with van der Waals surface area (Å²) in [7, 11) is 2.15. The van der Waals surface area contributed by atoms with Crippen LogP contribution in [-0.2, 0) is 17.8 Å². The lowest BCUT2D eigenvalue weighted by Crippen LogP contribution is -2.20. The molecule has 1 aliphatic heterocycles. The topological polar surface area (TPSA) is 30.3 Å². The quantitative estimate of drug-likeness (QED) is 0.702. The molecule has 142 valence electrons. The highest BCUT2D eigenvalue weighted by atomic mass is 19.1. The molecule has 1 aliphatic rings. The van der Waals surface area contributed by atoms with Crippen LogP contribution in [0.25, 0.3) is 11.3 Å². The van der Waals surface area contributed by atoms with Gasteiger partial charge in [0.25, 0.3) is 0 Å². The lowest BCUT2D eigenvalue weighted by Gasteiger charge is -2.21. The minimum absolute atomic E-state index is 0.211. The molecule has 0 N–H and O–H groups in total. The third-order valence-corrected chi connectivity index (χ3v) is 5.07. The van der Waals surface area contributed by atoms with E-state index in [0.717, 1.165) is 56.9 Å². The summed E-state index contributed by atoms with van der Waals surface area (Å²) in [6.07, 6.45) is 6.75. The Labute approximate surface area is 156 Å². The fourth-order valence-electron chi connectivity index (χ4n) is 3.51. The largest absolute Gasteiger partial charge is 0.381 e. The van der Waals surface area contributed by atoms with Crippen LogP contribution in [0.3, 0.4) is 0 Å². The Balaban J connectivity index is 1.80. The second-order valence-electron chi connectivity index (χ2n) is 7.38. The van der Waals surface area contributed by atoms with Crippen LogP contribution >= 0.6 is 0 Å². The summed E-state index contributed by atoms with van der Waals surface area (Å²) in [6.45, 7) is 6.78. The highest BCUT2D eigenvalue weighted by Gasteiger charge is 2.18. The van der Waals surface area contributed by atoms with Crippen LogP contribution in [0, 0.1) is 11.7 Å². The van der Waals surface area contributed by atoms with Crippen molar-refractivity contribution in [2.75, 3.05) is 26.8 Å². The smallest absolute Gasteiger partial charge is 0.123 e. The molecular formula is C21H30FN3O. The van der Waals surface area contributed by atoms with Gasteiger partial charge in [-0.2, -0.15) is 5.10 Å². The van der Waals surface area contributed by atoms with Gasteiger partial charge in [-0.25, -0.2) is 4.39 Å². The van der Waals surface area contributed by atoms with Crippen molar-refractivity contribution in [3.63, 3.8) is 0 Å². The van der Waals surface area contributed by atoms with Gasteiger partial charge in [0.2, 0.25) is 0 Å². The summed E-state index contributed by atoms with van der Waals surface area (Å²) in [5, 5.41) is 4.86. The van der Waals surface area contributed by atoms with E-state index in [2.05, 4.69) is 29.7 Å². The van der Waals surface area contributed by atoms with Crippen molar-refractivity contribution >= 4 is 0 Å². The number of hydrogen-bond acceptors (Lipinski definition) is 3. The normalized spacial score (nSPS) is 15.7. The molecule has 1 saturated heterocycles. The first kappa shape index (κ1) is 19.1. The van der Waals surface area contributed by atoms with Crippen molar-refractivity contribution in [2.45, 2.75) is 45.7 Å². The predicted octanol–water partition coefficient (Wildman–Crippen LogP) is 4.35. The van der Waals surface area contributed by atoms with Crippen LogP contribution < -0.4 is 0 Å². The van der Waals surface area contributed by atoms with Gasteiger partial charge in [-0.05, 0) is 63.0 Å². The van der Waals surface area contributed by atoms with E-state index in [1.165, 1.54) is 30.5 Å². The molecule has 4 nitrogen and oxygen atoms in total. The van der Waals surface area contributed by atoms with E-state index >= 15 is 0 Å². The van der Waals surface area contributed by atoms with Gasteiger partial charge in [0.15, 0.2) is 0 Å². The molecule has 0 spiro atoms. The lowest BCUT2D eigenvalue weighted by atomic mass is 10.0. The maximum atomic E-state index is 13.3. The Morgan fingerprint density at radius 1 is 1.23 bits per heavy atom. The average Bonchev–Trinajstić information content (AvgIpc) is 3.03. The first-order chi connectivity index (χ1) is 12.7. The molecule has 0 saturated carbocycles. The number of halogens is 1. The molecule has 2 heterocycles. The Kier molecular flexibility index (Phi) is 6.80. The zero-order valence-corrected chi connectivity index (χ0v) is 16.0. The zero-order chi connectivity index (χ0) is 18.4. The molecule has 0 atom stereocenters. The van der Waals surface area contributed by atoms with Crippen molar-refractivity contribution < 1.29 is 9.13 Å². The van der Waals surface area contributed by atoms with Crippen LogP contribution in [0.5, 0.6) is 0 Å². The third-order valence-electron chi connectivity index (χ3n) is 5.07. The molecule has 3 rings (SSSR count). The molecule has 1 aromatic heterocycles. The summed E-state index contributed by atoms with van der Waals surface area (Å²) in [4.78, 5) is 2.34. The van der Waals surface area contributed by atoms with E-state index < -0.39 is 0 Å². The number of rotatable bonds is 8. The highest BCUT2D eigenvalue weighted by molar-refractivity contribution is 5.62. The summed E-state index contributed by atoms with van der Waals surface area (Å²) in [5.74, 6) is 0.410. The first-order valence-electron chi connectivity index (χ1n) is 9.74. The zero-order valence-electron chi connectivity index (χ0n) is 16.0. The van der Waals surface area contributed by atoms with Crippen molar-refractivity contribution in [3.8, 4) is 11.3 Å². The van der Waals surface area contributed by atoms with E-state index in [1.54, 1.807) is 0 Å². The number of benzene rings is 1. The van der Waals surface area contributed by atoms with Crippen LogP contribution in [-0.4, -0.2) is 41.5 Å². The minimum atomic E-state index is -0.211. The van der Waals surface area contributed by atoms with E-state index in [-0.39, 0.29) is 5.82 Å². The van der Waals surface area contributed by atoms with Gasteiger partial charge in [0.05, 0.1) is 5.69 Å². The fourth-order valence-corrected chi connectivity index (χ4v) is 3.51. The van der Waals surface area contributed by atoms with Gasteiger partial charge in [-0.3, -0.25) is 4.68 Å². The molecule has 5 heteroatoms. The second kappa shape index (κ2) is 9.28. The standard InChI is InChI=1S/C21H30FN3O/c1-3-4-11-24(2)15-19-16-25(14-17-9-12-26-13-10-17)23-21(19)18-5-7-20(22)8-6-18/h5-8,16-17H,3-4,9-15H2,1-2H3. The van der Waals surface area contributed by atoms with Crippen LogP contribution in [0.1, 0.15) is 38.2 Å². The molecular weight excluding hydrogens is 329 g/mol. The Bertz CT molecular complexity index is 677. The number of nitrogens with zero attached hydrogens (tertiary/aromatic N) is 3. The maximum Gasteiger partial charge on any atom is 0.123 e. The van der Waals surface area contributed by atoms with Crippen LogP contribution in [0.4, 0.5) is 4.39 Å². The summed E-state index contributed by atoms with van der Waals surface area (Å²) >= 11 is 0. The van der Waals surface area contributed by atoms with Gasteiger partial charge in [-0.1, -0.05) is 13.3 Å². The molecule has 0 amide bonds. The molecule has 0 unspecified atom stereocenters. The van der Waals surface area contributed by atoms with Crippen molar-refractivity contribution in [1.29, 1.82) is 0 Å². The monoisotopic (exact) mass is 359 g/mol. The fraction of sp³-hybridized carbons (Fsp3) is 0.571. The summed E-state index contributed by atoms with van der Waals surface area (Å²) in [6, 6.07) is 6.67. The molecule has 1 aromatic carbocycles. The van der Waals surface area contributed by atoms with Crippen molar-refractivity contribution in [3.05, 3.63) is 41.8 Å². The summed E-state index contributed by atoms with van der Waals surface area (Å²) < 4.78 is 20.9. The van der Waals surface area contributed by atoms with Gasteiger partial charge in [0.1, 0.15) is 5.82 Å². The van der Waals surface area contributed by atoms with Crippen LogP contribution in [0.2, 0.25) is 0 Å². The maximum absolute atomic E-state index is 13.3. The number of aromatic nitrogens is 2. The number of unbranched alkanes of at least 4 members (excludes halogenated alkanes) is 1. The predicted molar refractivity (Wildman–Crippen MR) is 102 cm³/mol. The Hall–Kier alpha value is -1.72. The molecule has 1 fully saturated rings. The number of hydrogen-bond donors (Lipinski definition) is 0. The Morgan fingerprint density at radius 3 is 2.65 bits per heavy atom. The molecule has 0 aliphatic carbocycles. The summed E-state index contributed by atoms with van der Waals surface area (Å²) in [5.41, 5.74) is 3.17. The minimum Gasteiger partial charge on any atom is -0.381 e. The SMILES string of the molecule is CCCCN(C)Cc1cn(CC2CCOCC2)nc1-c1ccc(F)cc1. The molecule has 0 bridgehead atoms. The van der Waals surface area contributed by atoms with E-state index in [1.807, 2.05) is 12.1 Å².